The second kappa shape index (κ2) is 7.19. The summed E-state index contributed by atoms with van der Waals surface area (Å²) in [6.45, 7) is 8.62. The van der Waals surface area contributed by atoms with E-state index >= 15 is 0 Å². The highest BCUT2D eigenvalue weighted by molar-refractivity contribution is 6.46. The summed E-state index contributed by atoms with van der Waals surface area (Å²) in [6, 6.07) is 0. The molecule has 1 heteroatoms. The Morgan fingerprint density at radius 3 is 2.00 bits per heavy atom. The lowest BCUT2D eigenvalue weighted by Crippen LogP contribution is -2.28. The fourth-order valence-corrected chi connectivity index (χ4v) is 3.46. The van der Waals surface area contributed by atoms with Crippen molar-refractivity contribution >= 4 is 7.28 Å². The third-order valence-electron chi connectivity index (χ3n) is 4.68. The van der Waals surface area contributed by atoms with Crippen molar-refractivity contribution < 1.29 is 0 Å². The second-order valence-corrected chi connectivity index (χ2v) is 5.38. The van der Waals surface area contributed by atoms with E-state index in [0.717, 1.165) is 5.92 Å². The van der Waals surface area contributed by atoms with Crippen molar-refractivity contribution in [2.75, 3.05) is 0 Å². The zero-order valence-electron chi connectivity index (χ0n) is 11.3. The van der Waals surface area contributed by atoms with Gasteiger partial charge in [-0.3, -0.25) is 0 Å². The molecule has 0 aromatic heterocycles. The molecule has 0 aromatic carbocycles. The van der Waals surface area contributed by atoms with Gasteiger partial charge in [-0.05, 0) is 5.92 Å². The highest BCUT2D eigenvalue weighted by Crippen LogP contribution is 2.47. The largest absolute Gasteiger partial charge is 0.148 e. The Labute approximate surface area is 103 Å². The van der Waals surface area contributed by atoms with Gasteiger partial charge in [0.25, 0.3) is 0 Å². The van der Waals surface area contributed by atoms with Crippen molar-refractivity contribution in [1.29, 1.82) is 0 Å². The summed E-state index contributed by atoms with van der Waals surface area (Å²) in [4.78, 5) is 0. The summed E-state index contributed by atoms with van der Waals surface area (Å²) in [5.74, 6) is 2.94. The van der Waals surface area contributed by atoms with Crippen LogP contribution in [-0.2, 0) is 0 Å². The normalized spacial score (nSPS) is 19.9. The van der Waals surface area contributed by atoms with Crippen molar-refractivity contribution in [1.82, 2.24) is 0 Å². The molecule has 91 valence electrons. The maximum Gasteiger partial charge on any atom is 0.148 e. The molecule has 16 heavy (non-hydrogen) atoms. The molecule has 0 nitrogen and oxygen atoms in total. The van der Waals surface area contributed by atoms with E-state index in [9.17, 15) is 0 Å². The first-order valence-corrected chi connectivity index (χ1v) is 7.26. The summed E-state index contributed by atoms with van der Waals surface area (Å²) < 4.78 is 0. The number of hydrogen-bond donors (Lipinski definition) is 0. The van der Waals surface area contributed by atoms with Crippen molar-refractivity contribution in [2.45, 2.75) is 76.9 Å². The topological polar surface area (TPSA) is 0 Å². The average Bonchev–Trinajstić information content (AvgIpc) is 2.26. The second-order valence-electron chi connectivity index (χ2n) is 5.38. The summed E-state index contributed by atoms with van der Waals surface area (Å²) in [6.07, 6.45) is 12.7. The Morgan fingerprint density at radius 1 is 1.06 bits per heavy atom. The fourth-order valence-electron chi connectivity index (χ4n) is 3.46. The molecule has 1 aliphatic carbocycles. The molecule has 0 bridgehead atoms. The van der Waals surface area contributed by atoms with Crippen LogP contribution in [0.5, 0.6) is 0 Å². The quantitative estimate of drug-likeness (QED) is 0.559. The van der Waals surface area contributed by atoms with Crippen molar-refractivity contribution in [3.05, 3.63) is 12.6 Å². The minimum Gasteiger partial charge on any atom is -0.129 e. The minimum absolute atomic E-state index is 0.444. The summed E-state index contributed by atoms with van der Waals surface area (Å²) in [5.41, 5.74) is 0. The maximum absolute atomic E-state index is 3.92. The Balaban J connectivity index is 2.68. The molecule has 0 spiro atoms. The van der Waals surface area contributed by atoms with Gasteiger partial charge >= 0.3 is 0 Å². The van der Waals surface area contributed by atoms with Gasteiger partial charge in [0.15, 0.2) is 0 Å². The maximum atomic E-state index is 3.92. The highest BCUT2D eigenvalue weighted by atomic mass is 14.3. The molecule has 1 radical (unpaired) electrons. The molecular weight excluding hydrogens is 191 g/mol. The van der Waals surface area contributed by atoms with E-state index in [-0.39, 0.29) is 0 Å². The molecule has 0 aromatic rings. The van der Waals surface area contributed by atoms with E-state index in [4.69, 9.17) is 0 Å². The van der Waals surface area contributed by atoms with Crippen LogP contribution in [0.1, 0.15) is 71.6 Å². The predicted molar refractivity (Wildman–Crippen MR) is 75.0 cm³/mol. The van der Waals surface area contributed by atoms with Crippen LogP contribution in [-0.4, -0.2) is 7.28 Å². The van der Waals surface area contributed by atoms with E-state index in [2.05, 4.69) is 27.7 Å². The van der Waals surface area contributed by atoms with Gasteiger partial charge in [0.05, 0.1) is 0 Å². The smallest absolute Gasteiger partial charge is 0.129 e. The Hall–Kier alpha value is -0.195. The van der Waals surface area contributed by atoms with Gasteiger partial charge in [0.1, 0.15) is 7.28 Å². The summed E-state index contributed by atoms with van der Waals surface area (Å²) in [7, 11) is 2.40. The van der Waals surface area contributed by atoms with Crippen LogP contribution in [0.25, 0.3) is 0 Å². The summed E-state index contributed by atoms with van der Waals surface area (Å²) in [5, 5.41) is 0.444. The Morgan fingerprint density at radius 2 is 1.56 bits per heavy atom. The fraction of sp³-hybridized carbons (Fsp3) is 0.867. The van der Waals surface area contributed by atoms with Crippen LogP contribution in [0.2, 0.25) is 5.31 Å². The van der Waals surface area contributed by atoms with Crippen molar-refractivity contribution in [3.8, 4) is 0 Å². The molecule has 0 saturated heterocycles. The van der Waals surface area contributed by atoms with Crippen LogP contribution in [0.4, 0.5) is 0 Å². The molecule has 1 saturated carbocycles. The van der Waals surface area contributed by atoms with Crippen LogP contribution in [0.15, 0.2) is 12.6 Å². The standard InChI is InChI=1S/C15H28B/c1-4-15(5-2,16-6-3)14-12-10-8-7-9-11-13-14/h6,14H,3-5,7-13H2,1-2H3. The van der Waals surface area contributed by atoms with E-state index < -0.39 is 0 Å². The molecule has 0 N–H and O–H groups in total. The average molecular weight is 219 g/mol. The summed E-state index contributed by atoms with van der Waals surface area (Å²) >= 11 is 0. The molecule has 1 fully saturated rings. The molecule has 0 heterocycles. The lowest BCUT2D eigenvalue weighted by atomic mass is 9.44. The van der Waals surface area contributed by atoms with Crippen LogP contribution < -0.4 is 0 Å². The van der Waals surface area contributed by atoms with Gasteiger partial charge in [-0.1, -0.05) is 76.9 Å². The van der Waals surface area contributed by atoms with Gasteiger partial charge in [-0.25, -0.2) is 0 Å². The molecule has 1 rings (SSSR count). The lowest BCUT2D eigenvalue weighted by molar-refractivity contribution is 0.266. The predicted octanol–water partition coefficient (Wildman–Crippen LogP) is 5.17. The van der Waals surface area contributed by atoms with E-state index in [1.807, 2.05) is 5.98 Å². The van der Waals surface area contributed by atoms with E-state index in [0.29, 0.717) is 5.31 Å². The van der Waals surface area contributed by atoms with Gasteiger partial charge in [-0.2, -0.15) is 0 Å². The zero-order valence-corrected chi connectivity index (χ0v) is 11.3. The number of hydrogen-bond acceptors (Lipinski definition) is 0. The van der Waals surface area contributed by atoms with Crippen molar-refractivity contribution in [2.24, 2.45) is 5.92 Å². The van der Waals surface area contributed by atoms with Crippen LogP contribution in [0.3, 0.4) is 0 Å². The Kier molecular flexibility index (Phi) is 6.23. The molecular formula is C15H28B. The first-order valence-electron chi connectivity index (χ1n) is 7.26. The lowest BCUT2D eigenvalue weighted by Gasteiger charge is -2.40. The monoisotopic (exact) mass is 219 g/mol. The molecule has 0 amide bonds. The van der Waals surface area contributed by atoms with E-state index in [1.165, 1.54) is 57.8 Å². The van der Waals surface area contributed by atoms with Crippen LogP contribution >= 0.6 is 0 Å². The van der Waals surface area contributed by atoms with Crippen LogP contribution in [0, 0.1) is 5.92 Å². The minimum atomic E-state index is 0.444. The van der Waals surface area contributed by atoms with Crippen molar-refractivity contribution in [3.63, 3.8) is 0 Å². The first kappa shape index (κ1) is 13.9. The van der Waals surface area contributed by atoms with Gasteiger partial charge < -0.3 is 0 Å². The van der Waals surface area contributed by atoms with Gasteiger partial charge in [0, 0.05) is 0 Å². The van der Waals surface area contributed by atoms with Gasteiger partial charge in [0.2, 0.25) is 0 Å². The molecule has 0 aliphatic heterocycles. The SMILES string of the molecule is C=C[B]C(CC)(CC)C1CCCCCCC1. The third kappa shape index (κ3) is 3.40. The first-order chi connectivity index (χ1) is 7.79. The molecule has 1 aliphatic rings. The molecule has 0 unspecified atom stereocenters. The highest BCUT2D eigenvalue weighted by Gasteiger charge is 2.34. The third-order valence-corrected chi connectivity index (χ3v) is 4.68. The zero-order chi connectivity index (χ0) is 11.9. The van der Waals surface area contributed by atoms with Gasteiger partial charge in [-0.15, -0.1) is 12.6 Å². The van der Waals surface area contributed by atoms with E-state index in [1.54, 1.807) is 0 Å². The number of rotatable bonds is 5. The molecule has 0 atom stereocenters. The Bertz CT molecular complexity index is 186.